The summed E-state index contributed by atoms with van der Waals surface area (Å²) in [7, 11) is -2.62. The second kappa shape index (κ2) is 17.1. The van der Waals surface area contributed by atoms with Crippen molar-refractivity contribution in [3.05, 3.63) is 88.0 Å². The van der Waals surface area contributed by atoms with E-state index < -0.39 is 8.60 Å². The van der Waals surface area contributed by atoms with Gasteiger partial charge in [0.05, 0.1) is 0 Å². The van der Waals surface area contributed by atoms with Gasteiger partial charge in [-0.05, 0) is 84.1 Å². The van der Waals surface area contributed by atoms with Gasteiger partial charge >= 0.3 is 8.60 Å². The molecule has 3 rings (SSSR count). The summed E-state index contributed by atoms with van der Waals surface area (Å²) in [5.74, 6) is 1.20. The third-order valence-electron chi connectivity index (χ3n) is 8.01. The molecule has 3 aromatic carbocycles. The van der Waals surface area contributed by atoms with Crippen molar-refractivity contribution in [2.45, 2.75) is 157 Å². The van der Waals surface area contributed by atoms with Gasteiger partial charge in [0.15, 0.2) is 0 Å². The number of hydrogen-bond acceptors (Lipinski definition) is 6. The molecule has 0 amide bonds. The van der Waals surface area contributed by atoms with E-state index in [0.29, 0.717) is 17.2 Å². The van der Waals surface area contributed by atoms with Crippen LogP contribution in [0.3, 0.4) is 0 Å². The third-order valence-corrected chi connectivity index (χ3v) is 8.01. The summed E-state index contributed by atoms with van der Waals surface area (Å²) in [5.41, 5.74) is 7.25. The van der Waals surface area contributed by atoms with E-state index in [4.69, 9.17) is 14.7 Å². The van der Waals surface area contributed by atoms with Crippen molar-refractivity contribution < 1.29 is 30.0 Å². The zero-order chi connectivity index (χ0) is 39.1. The maximum Gasteiger partial charge on any atom is 0.324 e. The molecule has 0 aliphatic heterocycles. The second-order valence-corrected chi connectivity index (χ2v) is 19.5. The number of aromatic hydroxyl groups is 3. The third kappa shape index (κ3) is 16.3. The van der Waals surface area contributed by atoms with Crippen molar-refractivity contribution in [3.8, 4) is 17.2 Å². The summed E-state index contributed by atoms with van der Waals surface area (Å²) in [5, 5.41) is 29.5. The van der Waals surface area contributed by atoms with Crippen LogP contribution in [0.1, 0.15) is 158 Å². The van der Waals surface area contributed by atoms with Gasteiger partial charge in [-0.1, -0.05) is 161 Å². The average molecular weight is 701 g/mol. The predicted octanol–water partition coefficient (Wildman–Crippen LogP) is 11.2. The molecule has 7 heteroatoms. The Morgan fingerprint density at radius 3 is 0.612 bits per heavy atom. The number of hydrogen-bond donors (Lipinski definition) is 6. The summed E-state index contributed by atoms with van der Waals surface area (Å²) in [6.07, 6.45) is 0. The fourth-order valence-corrected chi connectivity index (χ4v) is 4.81. The topological polar surface area (TPSA) is 121 Å². The van der Waals surface area contributed by atoms with Gasteiger partial charge in [-0.3, -0.25) is 0 Å². The molecule has 0 atom stereocenters. The molecule has 6 nitrogen and oxygen atoms in total. The van der Waals surface area contributed by atoms with E-state index in [-0.39, 0.29) is 32.5 Å². The lowest BCUT2D eigenvalue weighted by Gasteiger charge is -2.25. The Kier molecular flexibility index (Phi) is 16.1. The molecule has 6 N–H and O–H groups in total. The molecule has 0 saturated heterocycles. The van der Waals surface area contributed by atoms with Crippen molar-refractivity contribution >= 4 is 8.60 Å². The van der Waals surface area contributed by atoms with E-state index >= 15 is 0 Å². The van der Waals surface area contributed by atoms with Crippen LogP contribution < -0.4 is 0 Å². The maximum atomic E-state index is 9.84. The fourth-order valence-electron chi connectivity index (χ4n) is 4.81. The van der Waals surface area contributed by atoms with Gasteiger partial charge in [-0.15, -0.1) is 0 Å². The molecule has 0 aliphatic carbocycles. The van der Waals surface area contributed by atoms with Crippen LogP contribution in [0.25, 0.3) is 0 Å². The van der Waals surface area contributed by atoms with Crippen molar-refractivity contribution in [2.24, 2.45) is 0 Å². The van der Waals surface area contributed by atoms with Crippen molar-refractivity contribution in [2.75, 3.05) is 0 Å². The Labute approximate surface area is 300 Å². The van der Waals surface area contributed by atoms with Gasteiger partial charge in [0.25, 0.3) is 0 Å². The van der Waals surface area contributed by atoms with Gasteiger partial charge in [0, 0.05) is 0 Å². The number of phenols is 3. The van der Waals surface area contributed by atoms with Crippen molar-refractivity contribution in [1.82, 2.24) is 0 Å². The molecule has 0 saturated carbocycles. The SMILES string of the molecule is CC(C)(C)c1ccc(O)c(C(C)(C)C)c1.CC(C)(C)c1ccc(O)c(C(C)(C)C)c1.CC(C)(C)c1ccc(O)c(C(C)(C)C)c1.OP(O)O. The van der Waals surface area contributed by atoms with Crippen LogP contribution >= 0.6 is 8.60 Å². The molecule has 0 fully saturated rings. The molecule has 0 aromatic heterocycles. The minimum absolute atomic E-state index is 0.00859. The highest BCUT2D eigenvalue weighted by Gasteiger charge is 2.24. The first-order chi connectivity index (χ1) is 21.6. The first kappa shape index (κ1) is 46.4. The highest BCUT2D eigenvalue weighted by molar-refractivity contribution is 7.38. The van der Waals surface area contributed by atoms with Gasteiger partial charge in [0.2, 0.25) is 0 Å². The summed E-state index contributed by atoms with van der Waals surface area (Å²) < 4.78 is 0. The van der Waals surface area contributed by atoms with Crippen molar-refractivity contribution in [3.63, 3.8) is 0 Å². The van der Waals surface area contributed by atoms with E-state index in [1.165, 1.54) is 16.7 Å². The van der Waals surface area contributed by atoms with Crippen LogP contribution in [-0.4, -0.2) is 30.0 Å². The number of rotatable bonds is 0. The van der Waals surface area contributed by atoms with Crippen LogP contribution in [-0.2, 0) is 32.5 Å². The van der Waals surface area contributed by atoms with Crippen LogP contribution in [0, 0.1) is 0 Å². The smallest absolute Gasteiger partial charge is 0.324 e. The summed E-state index contributed by atoms with van der Waals surface area (Å²) in [6, 6.07) is 17.8. The normalized spacial score (nSPS) is 12.6. The first-order valence-corrected chi connectivity index (χ1v) is 18.2. The zero-order valence-corrected chi connectivity index (χ0v) is 34.7. The minimum atomic E-state index is -2.62. The summed E-state index contributed by atoms with van der Waals surface area (Å²) in [6.45, 7) is 38.8. The zero-order valence-electron chi connectivity index (χ0n) is 33.8. The highest BCUT2D eigenvalue weighted by atomic mass is 31.2. The monoisotopic (exact) mass is 700 g/mol. The Morgan fingerprint density at radius 2 is 0.490 bits per heavy atom. The van der Waals surface area contributed by atoms with E-state index in [1.54, 1.807) is 18.2 Å². The van der Waals surface area contributed by atoms with Gasteiger partial charge in [0.1, 0.15) is 17.2 Å². The van der Waals surface area contributed by atoms with Crippen LogP contribution in [0.2, 0.25) is 0 Å². The molecular formula is C42H69O6P. The number of benzene rings is 3. The van der Waals surface area contributed by atoms with Gasteiger partial charge < -0.3 is 30.0 Å². The lowest BCUT2D eigenvalue weighted by Crippen LogP contribution is -2.16. The molecule has 0 heterocycles. The predicted molar refractivity (Wildman–Crippen MR) is 210 cm³/mol. The van der Waals surface area contributed by atoms with Gasteiger partial charge in [-0.2, -0.15) is 0 Å². The molecule has 0 spiro atoms. The van der Waals surface area contributed by atoms with Crippen LogP contribution in [0.5, 0.6) is 17.2 Å². The van der Waals surface area contributed by atoms with Crippen molar-refractivity contribution in [1.29, 1.82) is 0 Å². The highest BCUT2D eigenvalue weighted by Crippen LogP contribution is 2.37. The number of phenolic OH excluding ortho intramolecular Hbond substituents is 3. The molecule has 3 aromatic rings. The molecule has 49 heavy (non-hydrogen) atoms. The van der Waals surface area contributed by atoms with E-state index in [9.17, 15) is 15.3 Å². The Bertz CT molecular complexity index is 1290. The summed E-state index contributed by atoms with van der Waals surface area (Å²) in [4.78, 5) is 21.7. The molecule has 278 valence electrons. The lowest BCUT2D eigenvalue weighted by molar-refractivity contribution is 0.368. The van der Waals surface area contributed by atoms with E-state index in [2.05, 4.69) is 143 Å². The average Bonchev–Trinajstić information content (AvgIpc) is 2.86. The molecule has 0 radical (unpaired) electrons. The Balaban J connectivity index is 0.000000667. The minimum Gasteiger partial charge on any atom is -0.508 e. The van der Waals surface area contributed by atoms with Gasteiger partial charge in [-0.25, -0.2) is 0 Å². The largest absolute Gasteiger partial charge is 0.508 e. The van der Waals surface area contributed by atoms with Crippen LogP contribution in [0.15, 0.2) is 54.6 Å². The fraction of sp³-hybridized carbons (Fsp3) is 0.571. The standard InChI is InChI=1S/3C14H22O.H3O3P/c3*1-13(2,3)10-7-8-12(15)11(9-10)14(4,5)6;1-4(2)3/h3*7-9,15H,1-6H3;1-3H. The molecule has 0 bridgehead atoms. The quantitative estimate of drug-likeness (QED) is 0.130. The molecule has 0 unspecified atom stereocenters. The molecular weight excluding hydrogens is 631 g/mol. The van der Waals surface area contributed by atoms with Crippen LogP contribution in [0.4, 0.5) is 0 Å². The van der Waals surface area contributed by atoms with E-state index in [0.717, 1.165) is 16.7 Å². The Hall–Kier alpha value is -2.63. The van der Waals surface area contributed by atoms with E-state index in [1.807, 2.05) is 18.2 Å². The Morgan fingerprint density at radius 1 is 0.327 bits per heavy atom. The first-order valence-electron chi connectivity index (χ1n) is 17.0. The second-order valence-electron chi connectivity index (χ2n) is 19.0. The maximum absolute atomic E-state index is 9.84. The summed E-state index contributed by atoms with van der Waals surface area (Å²) >= 11 is 0. The lowest BCUT2D eigenvalue weighted by atomic mass is 9.80. The molecule has 0 aliphatic rings.